The zero-order valence-electron chi connectivity index (χ0n) is 35.8. The number of benzene rings is 2. The molecule has 1 aliphatic heterocycles. The number of rotatable bonds is 10. The van der Waals surface area contributed by atoms with Crippen LogP contribution in [0.4, 0.5) is 4.79 Å². The zero-order valence-corrected chi connectivity index (χ0v) is 35.8. The van der Waals surface area contributed by atoms with Crippen LogP contribution in [0.15, 0.2) is 71.8 Å². The van der Waals surface area contributed by atoms with E-state index in [0.717, 1.165) is 0 Å². The van der Waals surface area contributed by atoms with Gasteiger partial charge in [0.05, 0.1) is 35.6 Å². The second-order valence-electron chi connectivity index (χ2n) is 18.0. The monoisotopic (exact) mass is 835 g/mol. The molecule has 3 fully saturated rings. The minimum absolute atomic E-state index is 0.121. The van der Waals surface area contributed by atoms with E-state index in [1.807, 2.05) is 0 Å². The van der Waals surface area contributed by atoms with Crippen LogP contribution < -0.4 is 5.32 Å². The van der Waals surface area contributed by atoms with Gasteiger partial charge in [-0.1, -0.05) is 62.4 Å². The molecule has 3 aliphatic carbocycles. The van der Waals surface area contributed by atoms with Crippen LogP contribution in [0.1, 0.15) is 90.2 Å². The van der Waals surface area contributed by atoms with Crippen LogP contribution in [-0.4, -0.2) is 114 Å². The Morgan fingerprint density at radius 3 is 2.08 bits per heavy atom. The first-order valence-corrected chi connectivity index (χ1v) is 20.1. The van der Waals surface area contributed by atoms with E-state index < -0.39 is 112 Å². The lowest BCUT2D eigenvalue weighted by Gasteiger charge is -2.67. The third-order valence-corrected chi connectivity index (χ3v) is 13.0. The average molecular weight is 836 g/mol. The predicted molar refractivity (Wildman–Crippen MR) is 213 cm³/mol. The molecule has 2 aromatic rings. The van der Waals surface area contributed by atoms with E-state index in [9.17, 15) is 29.4 Å². The van der Waals surface area contributed by atoms with E-state index in [2.05, 4.69) is 5.32 Å². The molecule has 11 atom stereocenters. The van der Waals surface area contributed by atoms with Crippen LogP contribution in [0.5, 0.6) is 0 Å². The van der Waals surface area contributed by atoms with Crippen molar-refractivity contribution >= 4 is 29.8 Å². The summed E-state index contributed by atoms with van der Waals surface area (Å²) in [6, 6.07) is 15.1. The summed E-state index contributed by atoms with van der Waals surface area (Å²) in [7, 11) is 2.78. The van der Waals surface area contributed by atoms with Gasteiger partial charge in [-0.25, -0.2) is 14.4 Å². The smallest absolute Gasteiger partial charge is 0.408 e. The Labute approximate surface area is 350 Å². The normalized spacial score (nSPS) is 33.0. The molecule has 15 heteroatoms. The molecule has 2 aromatic carbocycles. The van der Waals surface area contributed by atoms with Crippen LogP contribution in [-0.2, 0) is 47.5 Å². The molecule has 0 spiro atoms. The molecule has 2 saturated carbocycles. The van der Waals surface area contributed by atoms with Gasteiger partial charge in [-0.2, -0.15) is 0 Å². The predicted octanol–water partition coefficient (Wildman–Crippen LogP) is 4.57. The summed E-state index contributed by atoms with van der Waals surface area (Å²) >= 11 is 0. The summed E-state index contributed by atoms with van der Waals surface area (Å²) in [5.74, 6) is -4.52. The summed E-state index contributed by atoms with van der Waals surface area (Å²) in [5.41, 5.74) is -6.72. The average Bonchev–Trinajstić information content (AvgIpc) is 3.18. The molecule has 15 nitrogen and oxygen atoms in total. The minimum atomic E-state index is -2.22. The number of ketones is 1. The van der Waals surface area contributed by atoms with E-state index in [0.29, 0.717) is 11.1 Å². The van der Waals surface area contributed by atoms with Crippen LogP contribution in [0.3, 0.4) is 0 Å². The highest BCUT2D eigenvalue weighted by Gasteiger charge is 2.78. The third-order valence-electron chi connectivity index (χ3n) is 13.0. The summed E-state index contributed by atoms with van der Waals surface area (Å²) in [6.07, 6.45) is -9.31. The van der Waals surface area contributed by atoms with Gasteiger partial charge < -0.3 is 48.7 Å². The van der Waals surface area contributed by atoms with Crippen molar-refractivity contribution in [2.24, 2.45) is 16.7 Å². The lowest BCUT2D eigenvalue weighted by atomic mass is 9.44. The molecule has 3 N–H and O–H groups in total. The SMILES string of the molecule is CO[C@H]1C(=O)[C@@]2(C)C([C@H](OC(=O)c3ccccc3)[C@]3(O)C[C@H](OC(=O)[C@H](O)[C@@H](NC(=O)OC(C)(C)C)c4ccccc4)C(C)=C1C3(C)C)[C@]1(OC(C)=O)COC1C[C@@H]2OC. The minimum Gasteiger partial charge on any atom is -0.456 e. The van der Waals surface area contributed by atoms with E-state index in [1.54, 1.807) is 109 Å². The Morgan fingerprint density at radius 1 is 0.933 bits per heavy atom. The Bertz CT molecular complexity index is 2010. The molecule has 1 heterocycles. The van der Waals surface area contributed by atoms with Gasteiger partial charge in [0, 0.05) is 39.4 Å². The first kappa shape index (κ1) is 44.9. The van der Waals surface area contributed by atoms with Crippen molar-refractivity contribution in [1.82, 2.24) is 5.32 Å². The number of amides is 1. The van der Waals surface area contributed by atoms with Crippen LogP contribution >= 0.6 is 0 Å². The quantitative estimate of drug-likeness (QED) is 0.171. The van der Waals surface area contributed by atoms with Crippen molar-refractivity contribution in [3.63, 3.8) is 0 Å². The number of hydrogen-bond donors (Lipinski definition) is 3. The molecule has 0 radical (unpaired) electrons. The Morgan fingerprint density at radius 2 is 1.55 bits per heavy atom. The number of fused-ring (bicyclic) bond motifs is 5. The summed E-state index contributed by atoms with van der Waals surface area (Å²) in [5, 5.41) is 28.0. The summed E-state index contributed by atoms with van der Waals surface area (Å²) < 4.78 is 42.4. The number of hydrogen-bond acceptors (Lipinski definition) is 14. The van der Waals surface area contributed by atoms with Gasteiger partial charge in [0.2, 0.25) is 0 Å². The molecule has 4 aliphatic rings. The van der Waals surface area contributed by atoms with Crippen molar-refractivity contribution in [3.05, 3.63) is 82.9 Å². The molecule has 60 heavy (non-hydrogen) atoms. The van der Waals surface area contributed by atoms with Gasteiger partial charge >= 0.3 is 24.0 Å². The fraction of sp³-hybridized carbons (Fsp3) is 0.578. The van der Waals surface area contributed by atoms with Gasteiger partial charge in [0.1, 0.15) is 35.6 Å². The van der Waals surface area contributed by atoms with Crippen molar-refractivity contribution in [3.8, 4) is 0 Å². The standard InChI is InChI=1S/C45H57NO14/c1-24-28(57-39(51)33(48)32(26-17-13-11-14-18-26)46-40(52)60-41(3,4)5)22-45(53)37(58-38(50)27-19-15-12-16-20-27)35-43(8,36(49)34(55-10)31(24)42(45,6)7)29(54-9)21-30-44(35,23-56-30)59-25(2)47/h11-20,28-30,32-35,37,48,53H,21-23H2,1-10H3,(H,46,52)/t28-,29-,30?,32-,33+,34+,35?,37-,43+,44-,45+/m0/s1. The lowest BCUT2D eigenvalue weighted by molar-refractivity contribution is -0.347. The van der Waals surface area contributed by atoms with Crippen molar-refractivity contribution < 1.29 is 67.3 Å². The number of aliphatic hydroxyl groups is 2. The number of Topliss-reactive ketones (excluding diaryl/α,β-unsaturated/α-hetero) is 1. The number of ether oxygens (including phenoxy) is 7. The Balaban J connectivity index is 1.52. The first-order chi connectivity index (χ1) is 28.1. The van der Waals surface area contributed by atoms with Crippen LogP contribution in [0, 0.1) is 16.7 Å². The number of carbonyl (C=O) groups excluding carboxylic acids is 5. The maximum atomic E-state index is 15.5. The summed E-state index contributed by atoms with van der Waals surface area (Å²) in [6.45, 7) is 12.7. The molecule has 6 rings (SSSR count). The maximum absolute atomic E-state index is 15.5. The van der Waals surface area contributed by atoms with E-state index >= 15 is 4.79 Å². The van der Waals surface area contributed by atoms with Crippen molar-refractivity contribution in [2.45, 2.75) is 128 Å². The Hall–Kier alpha value is -4.67. The second kappa shape index (κ2) is 16.3. The molecule has 326 valence electrons. The molecule has 1 amide bonds. The highest BCUT2D eigenvalue weighted by molar-refractivity contribution is 5.94. The van der Waals surface area contributed by atoms with Gasteiger partial charge in [0.15, 0.2) is 17.5 Å². The number of carbonyl (C=O) groups is 5. The fourth-order valence-electron chi connectivity index (χ4n) is 10.1. The molecule has 2 unspecified atom stereocenters. The lowest BCUT2D eigenvalue weighted by Crippen LogP contribution is -2.82. The van der Waals surface area contributed by atoms with Crippen LogP contribution in [0.2, 0.25) is 0 Å². The number of methoxy groups -OCH3 is 2. The molecule has 1 saturated heterocycles. The number of esters is 3. The van der Waals surface area contributed by atoms with Gasteiger partial charge in [-0.05, 0) is 63.5 Å². The third kappa shape index (κ3) is 7.52. The highest BCUT2D eigenvalue weighted by atomic mass is 16.6. The van der Waals surface area contributed by atoms with Crippen molar-refractivity contribution in [2.75, 3.05) is 20.8 Å². The van der Waals surface area contributed by atoms with Gasteiger partial charge in [-0.15, -0.1) is 0 Å². The zero-order chi connectivity index (χ0) is 44.2. The van der Waals surface area contributed by atoms with E-state index in [1.165, 1.54) is 21.1 Å². The molecular weight excluding hydrogens is 778 g/mol. The molecule has 0 aromatic heterocycles. The maximum Gasteiger partial charge on any atom is 0.408 e. The Kier molecular flexibility index (Phi) is 12.2. The number of aliphatic hydroxyl groups excluding tert-OH is 1. The van der Waals surface area contributed by atoms with E-state index in [4.69, 9.17) is 33.2 Å². The number of alkyl carbamates (subject to hydrolysis) is 1. The first-order valence-electron chi connectivity index (χ1n) is 20.1. The molecule has 2 bridgehead atoms. The molecular formula is C45H57NO14. The second-order valence-corrected chi connectivity index (χ2v) is 18.0. The fourth-order valence-corrected chi connectivity index (χ4v) is 10.1. The highest BCUT2D eigenvalue weighted by Crippen LogP contribution is 2.64. The topological polar surface area (TPSA) is 202 Å². The van der Waals surface area contributed by atoms with Crippen molar-refractivity contribution in [1.29, 1.82) is 0 Å². The van der Waals surface area contributed by atoms with Gasteiger partial charge in [0.25, 0.3) is 0 Å². The summed E-state index contributed by atoms with van der Waals surface area (Å²) in [4.78, 5) is 70.1. The van der Waals surface area contributed by atoms with Gasteiger partial charge in [-0.3, -0.25) is 9.59 Å². The van der Waals surface area contributed by atoms with E-state index in [-0.39, 0.29) is 24.2 Å². The largest absolute Gasteiger partial charge is 0.456 e. The number of nitrogens with one attached hydrogen (secondary N) is 1. The van der Waals surface area contributed by atoms with Crippen LogP contribution in [0.25, 0.3) is 0 Å².